The van der Waals surface area contributed by atoms with E-state index in [0.717, 1.165) is 12.8 Å². The van der Waals surface area contributed by atoms with Gasteiger partial charge in [-0.05, 0) is 31.0 Å². The van der Waals surface area contributed by atoms with Crippen LogP contribution in [0.5, 0.6) is 5.75 Å². The number of nitrogens with one attached hydrogen (secondary N) is 1. The molecule has 102 valence electrons. The van der Waals surface area contributed by atoms with Crippen LogP contribution in [0, 0.1) is 6.92 Å². The van der Waals surface area contributed by atoms with Gasteiger partial charge in [0.15, 0.2) is 0 Å². The Bertz CT molecular complexity index is 514. The first kappa shape index (κ1) is 15.3. The summed E-state index contributed by atoms with van der Waals surface area (Å²) in [6, 6.07) is 3.04. The predicted octanol–water partition coefficient (Wildman–Crippen LogP) is 2.74. The van der Waals surface area contributed by atoms with Crippen LogP contribution >= 0.6 is 11.6 Å². The summed E-state index contributed by atoms with van der Waals surface area (Å²) in [5, 5.41) is 0.291. The number of sulfonamides is 1. The van der Waals surface area contributed by atoms with Crippen LogP contribution in [0.4, 0.5) is 0 Å². The Balaban J connectivity index is 3.05. The summed E-state index contributed by atoms with van der Waals surface area (Å²) in [4.78, 5) is 0.199. The van der Waals surface area contributed by atoms with Gasteiger partial charge in [0.1, 0.15) is 5.75 Å². The summed E-state index contributed by atoms with van der Waals surface area (Å²) in [7, 11) is -2.01. The monoisotopic (exact) mass is 291 g/mol. The van der Waals surface area contributed by atoms with Crippen molar-refractivity contribution in [2.75, 3.05) is 13.7 Å². The lowest BCUT2D eigenvalue weighted by molar-refractivity contribution is 0.414. The van der Waals surface area contributed by atoms with E-state index in [1.807, 2.05) is 6.92 Å². The number of hydrogen-bond acceptors (Lipinski definition) is 3. The SMILES string of the molecule is CCCCNS(=O)(=O)c1cc(Cl)c(OC)cc1C. The second-order valence-corrected chi connectivity index (χ2v) is 6.15. The van der Waals surface area contributed by atoms with E-state index >= 15 is 0 Å². The fourth-order valence-corrected chi connectivity index (χ4v) is 3.17. The molecule has 0 aliphatic carbocycles. The van der Waals surface area contributed by atoms with E-state index in [9.17, 15) is 8.42 Å². The van der Waals surface area contributed by atoms with Crippen molar-refractivity contribution < 1.29 is 13.2 Å². The molecule has 0 saturated carbocycles. The predicted molar refractivity (Wildman–Crippen MR) is 72.8 cm³/mol. The number of hydrogen-bond donors (Lipinski definition) is 1. The summed E-state index contributed by atoms with van der Waals surface area (Å²) in [5.41, 5.74) is 0.611. The second kappa shape index (κ2) is 6.41. The lowest BCUT2D eigenvalue weighted by atomic mass is 10.2. The summed E-state index contributed by atoms with van der Waals surface area (Å²) < 4.78 is 31.7. The minimum atomic E-state index is -3.50. The van der Waals surface area contributed by atoms with E-state index < -0.39 is 10.0 Å². The molecule has 0 aromatic heterocycles. The molecule has 4 nitrogen and oxygen atoms in total. The van der Waals surface area contributed by atoms with Gasteiger partial charge in [-0.3, -0.25) is 0 Å². The molecule has 0 aliphatic rings. The molecule has 1 N–H and O–H groups in total. The van der Waals surface area contributed by atoms with Gasteiger partial charge in [-0.25, -0.2) is 13.1 Å². The van der Waals surface area contributed by atoms with Crippen LogP contribution in [0.15, 0.2) is 17.0 Å². The number of benzene rings is 1. The highest BCUT2D eigenvalue weighted by molar-refractivity contribution is 7.89. The minimum absolute atomic E-state index is 0.199. The Labute approximate surface area is 113 Å². The van der Waals surface area contributed by atoms with Gasteiger partial charge in [0.25, 0.3) is 0 Å². The maximum absolute atomic E-state index is 12.1. The molecule has 0 bridgehead atoms. The zero-order valence-electron chi connectivity index (χ0n) is 10.8. The Morgan fingerprint density at radius 3 is 2.61 bits per heavy atom. The third kappa shape index (κ3) is 3.60. The first-order valence-corrected chi connectivity index (χ1v) is 7.62. The van der Waals surface area contributed by atoms with Gasteiger partial charge in [0.2, 0.25) is 10.0 Å². The molecule has 0 aliphatic heterocycles. The minimum Gasteiger partial charge on any atom is -0.495 e. The fourth-order valence-electron chi connectivity index (χ4n) is 1.54. The molecule has 0 amide bonds. The largest absolute Gasteiger partial charge is 0.495 e. The number of aryl methyl sites for hydroxylation is 1. The number of halogens is 1. The molecular weight excluding hydrogens is 274 g/mol. The third-order valence-electron chi connectivity index (χ3n) is 2.56. The van der Waals surface area contributed by atoms with E-state index in [-0.39, 0.29) is 4.90 Å². The van der Waals surface area contributed by atoms with E-state index in [1.165, 1.54) is 13.2 Å². The summed E-state index contributed by atoms with van der Waals surface area (Å²) >= 11 is 5.95. The van der Waals surface area contributed by atoms with Crippen LogP contribution < -0.4 is 9.46 Å². The van der Waals surface area contributed by atoms with Crippen molar-refractivity contribution in [3.05, 3.63) is 22.7 Å². The summed E-state index contributed by atoms with van der Waals surface area (Å²) in [6.45, 7) is 4.15. The summed E-state index contributed by atoms with van der Waals surface area (Å²) in [5.74, 6) is 0.474. The number of rotatable bonds is 6. The van der Waals surface area contributed by atoms with Crippen LogP contribution in [-0.4, -0.2) is 22.1 Å². The van der Waals surface area contributed by atoms with E-state index in [2.05, 4.69) is 4.72 Å². The van der Waals surface area contributed by atoms with Gasteiger partial charge in [0, 0.05) is 6.54 Å². The van der Waals surface area contributed by atoms with Crippen molar-refractivity contribution in [3.63, 3.8) is 0 Å². The maximum atomic E-state index is 12.1. The van der Waals surface area contributed by atoms with Crippen LogP contribution in [0.2, 0.25) is 5.02 Å². The van der Waals surface area contributed by atoms with Crippen LogP contribution in [-0.2, 0) is 10.0 Å². The smallest absolute Gasteiger partial charge is 0.240 e. The Morgan fingerprint density at radius 1 is 1.39 bits per heavy atom. The average Bonchev–Trinajstić information content (AvgIpc) is 2.31. The van der Waals surface area contributed by atoms with E-state index in [1.54, 1.807) is 13.0 Å². The molecule has 0 saturated heterocycles. The summed E-state index contributed by atoms with van der Waals surface area (Å²) in [6.07, 6.45) is 1.74. The van der Waals surface area contributed by atoms with Crippen LogP contribution in [0.1, 0.15) is 25.3 Å². The Kier molecular flexibility index (Phi) is 5.44. The second-order valence-electron chi connectivity index (χ2n) is 4.00. The standard InChI is InChI=1S/C12H18ClNO3S/c1-4-5-6-14-18(15,16)12-8-10(13)11(17-3)7-9(12)2/h7-8,14H,4-6H2,1-3H3. The molecule has 0 atom stereocenters. The molecule has 0 unspecified atom stereocenters. The molecule has 18 heavy (non-hydrogen) atoms. The molecule has 0 fully saturated rings. The molecular formula is C12H18ClNO3S. The van der Waals surface area contributed by atoms with Gasteiger partial charge in [0.05, 0.1) is 17.0 Å². The lowest BCUT2D eigenvalue weighted by Crippen LogP contribution is -2.25. The normalized spacial score (nSPS) is 11.6. The quantitative estimate of drug-likeness (QED) is 0.820. The Hall–Kier alpha value is -0.780. The molecule has 6 heteroatoms. The highest BCUT2D eigenvalue weighted by Gasteiger charge is 2.18. The van der Waals surface area contributed by atoms with Gasteiger partial charge in [-0.1, -0.05) is 24.9 Å². The fraction of sp³-hybridized carbons (Fsp3) is 0.500. The number of ether oxygens (including phenoxy) is 1. The van der Waals surface area contributed by atoms with E-state index in [4.69, 9.17) is 16.3 Å². The number of unbranched alkanes of at least 4 members (excludes halogenated alkanes) is 1. The van der Waals surface area contributed by atoms with Gasteiger partial charge < -0.3 is 4.74 Å². The van der Waals surface area contributed by atoms with Crippen molar-refractivity contribution in [2.24, 2.45) is 0 Å². The van der Waals surface area contributed by atoms with Gasteiger partial charge in [-0.15, -0.1) is 0 Å². The molecule has 0 radical (unpaired) electrons. The highest BCUT2D eigenvalue weighted by Crippen LogP contribution is 2.29. The Morgan fingerprint density at radius 2 is 2.06 bits per heavy atom. The maximum Gasteiger partial charge on any atom is 0.240 e. The van der Waals surface area contributed by atoms with Crippen molar-refractivity contribution in [3.8, 4) is 5.75 Å². The van der Waals surface area contributed by atoms with Crippen molar-refractivity contribution in [2.45, 2.75) is 31.6 Å². The average molecular weight is 292 g/mol. The molecule has 0 spiro atoms. The first-order chi connectivity index (χ1) is 8.42. The van der Waals surface area contributed by atoms with Crippen LogP contribution in [0.3, 0.4) is 0 Å². The zero-order valence-corrected chi connectivity index (χ0v) is 12.4. The van der Waals surface area contributed by atoms with Crippen LogP contribution in [0.25, 0.3) is 0 Å². The third-order valence-corrected chi connectivity index (χ3v) is 4.46. The highest BCUT2D eigenvalue weighted by atomic mass is 35.5. The number of methoxy groups -OCH3 is 1. The van der Waals surface area contributed by atoms with Crippen molar-refractivity contribution in [1.82, 2.24) is 4.72 Å². The lowest BCUT2D eigenvalue weighted by Gasteiger charge is -2.11. The molecule has 1 aromatic carbocycles. The first-order valence-electron chi connectivity index (χ1n) is 5.76. The van der Waals surface area contributed by atoms with Gasteiger partial charge in [-0.2, -0.15) is 0 Å². The molecule has 0 heterocycles. The zero-order chi connectivity index (χ0) is 13.8. The van der Waals surface area contributed by atoms with Crippen molar-refractivity contribution >= 4 is 21.6 Å². The van der Waals surface area contributed by atoms with Crippen molar-refractivity contribution in [1.29, 1.82) is 0 Å². The topological polar surface area (TPSA) is 55.4 Å². The molecule has 1 rings (SSSR count). The van der Waals surface area contributed by atoms with E-state index in [0.29, 0.717) is 22.9 Å². The van der Waals surface area contributed by atoms with Gasteiger partial charge >= 0.3 is 0 Å². The molecule has 1 aromatic rings.